The number of carbonyl (C=O) groups is 2. The molecule has 5 N–H and O–H groups in total. The average Bonchev–Trinajstić information content (AvgIpc) is 3.36. The predicted molar refractivity (Wildman–Crippen MR) is 165 cm³/mol. The van der Waals surface area contributed by atoms with Crippen LogP contribution in [0.25, 0.3) is 11.3 Å². The van der Waals surface area contributed by atoms with Gasteiger partial charge in [-0.05, 0) is 67.3 Å². The minimum Gasteiger partial charge on any atom is -0.340 e. The number of fused-ring (bicyclic) bond motifs is 1. The molecular formula is C33H38FN7O2. The summed E-state index contributed by atoms with van der Waals surface area (Å²) in [6.45, 7) is 5.64. The third-order valence-corrected chi connectivity index (χ3v) is 7.65. The Hall–Kier alpha value is -4.54. The number of aromatic nitrogens is 2. The maximum atomic E-state index is 13.7. The third kappa shape index (κ3) is 7.10. The van der Waals surface area contributed by atoms with E-state index >= 15 is 0 Å². The van der Waals surface area contributed by atoms with Gasteiger partial charge in [0.2, 0.25) is 11.8 Å². The molecule has 4 aromatic rings. The molecule has 1 aliphatic heterocycles. The molecule has 0 radical (unpaired) electrons. The number of imidazole rings is 1. The largest absolute Gasteiger partial charge is 0.340 e. The molecule has 2 amide bonds. The minimum absolute atomic E-state index is 0.0933. The van der Waals surface area contributed by atoms with Crippen molar-refractivity contribution in [1.82, 2.24) is 19.5 Å². The Balaban J connectivity index is 1.28. The number of hydrogen-bond donors (Lipinski definition) is 3. The summed E-state index contributed by atoms with van der Waals surface area (Å²) in [5.74, 6) is 6.87. The van der Waals surface area contributed by atoms with E-state index in [1.807, 2.05) is 62.4 Å². The zero-order valence-electron chi connectivity index (χ0n) is 24.6. The highest BCUT2D eigenvalue weighted by Crippen LogP contribution is 2.33. The van der Waals surface area contributed by atoms with Crippen LogP contribution in [0, 0.1) is 12.7 Å². The Kier molecular flexibility index (Phi) is 9.18. The van der Waals surface area contributed by atoms with Gasteiger partial charge >= 0.3 is 0 Å². The molecule has 43 heavy (non-hydrogen) atoms. The van der Waals surface area contributed by atoms with Crippen LogP contribution < -0.4 is 16.9 Å². The van der Waals surface area contributed by atoms with E-state index in [2.05, 4.69) is 9.88 Å². The van der Waals surface area contributed by atoms with Crippen LogP contribution in [-0.2, 0) is 35.6 Å². The number of carbonyl (C=O) groups excluding carboxylic acids is 2. The van der Waals surface area contributed by atoms with Crippen LogP contribution in [0.5, 0.6) is 0 Å². The van der Waals surface area contributed by atoms with Gasteiger partial charge < -0.3 is 20.5 Å². The summed E-state index contributed by atoms with van der Waals surface area (Å²) >= 11 is 0. The quantitative estimate of drug-likeness (QED) is 0.142. The van der Waals surface area contributed by atoms with Crippen LogP contribution in [0.4, 0.5) is 15.9 Å². The topological polar surface area (TPSA) is 123 Å². The van der Waals surface area contributed by atoms with Crippen LogP contribution in [-0.4, -0.2) is 43.9 Å². The molecule has 9 nitrogen and oxygen atoms in total. The van der Waals surface area contributed by atoms with Crippen molar-refractivity contribution < 1.29 is 14.0 Å². The van der Waals surface area contributed by atoms with E-state index in [0.717, 1.165) is 46.0 Å². The first-order valence-corrected chi connectivity index (χ1v) is 14.6. The fourth-order valence-electron chi connectivity index (χ4n) is 5.23. The lowest BCUT2D eigenvalue weighted by Crippen LogP contribution is -2.47. The van der Waals surface area contributed by atoms with Crippen molar-refractivity contribution >= 4 is 23.3 Å². The third-order valence-electron chi connectivity index (χ3n) is 7.65. The maximum Gasteiger partial charge on any atom is 0.240 e. The summed E-state index contributed by atoms with van der Waals surface area (Å²) in [6, 6.07) is 21.3. The summed E-state index contributed by atoms with van der Waals surface area (Å²) in [5.41, 5.74) is 11.8. The second kappa shape index (κ2) is 13.2. The molecule has 1 aromatic heterocycles. The molecule has 0 spiro atoms. The minimum atomic E-state index is -0.716. The molecule has 1 atom stereocenters. The Morgan fingerprint density at radius 2 is 1.67 bits per heavy atom. The van der Waals surface area contributed by atoms with E-state index in [0.29, 0.717) is 44.7 Å². The Morgan fingerprint density at radius 1 is 1.00 bits per heavy atom. The van der Waals surface area contributed by atoms with Crippen LogP contribution in [0.15, 0.2) is 72.8 Å². The van der Waals surface area contributed by atoms with Crippen molar-refractivity contribution in [2.45, 2.75) is 58.8 Å². The molecule has 0 saturated carbocycles. The van der Waals surface area contributed by atoms with E-state index in [-0.39, 0.29) is 17.6 Å². The predicted octanol–water partition coefficient (Wildman–Crippen LogP) is 4.66. The Morgan fingerprint density at radius 3 is 2.35 bits per heavy atom. The molecule has 1 aliphatic rings. The number of hydrogen-bond acceptors (Lipinski definition) is 6. The molecule has 3 aromatic carbocycles. The monoisotopic (exact) mass is 583 g/mol. The van der Waals surface area contributed by atoms with E-state index in [1.165, 1.54) is 17.1 Å². The molecule has 0 aliphatic carbocycles. The number of aryl methyl sites for hydroxylation is 1. The lowest BCUT2D eigenvalue weighted by molar-refractivity contribution is -0.134. The fraction of sp³-hybridized carbons (Fsp3) is 0.303. The van der Waals surface area contributed by atoms with E-state index < -0.39 is 6.04 Å². The number of nitrogens with one attached hydrogen (secondary N) is 1. The SMILES string of the molecule is CCCC(=O)N(N)Cc1ccc(C[C@H](N)C(=O)N2CCn3c(nc(-c4ccc(F)cc4)c3Nc3ccc(C)cc3)C2)cc1. The van der Waals surface area contributed by atoms with E-state index in [4.69, 9.17) is 16.6 Å². The van der Waals surface area contributed by atoms with Crippen molar-refractivity contribution in [1.29, 1.82) is 0 Å². The van der Waals surface area contributed by atoms with E-state index in [9.17, 15) is 14.0 Å². The average molecular weight is 584 g/mol. The first-order chi connectivity index (χ1) is 20.7. The second-order valence-corrected chi connectivity index (χ2v) is 11.0. The molecule has 0 saturated heterocycles. The lowest BCUT2D eigenvalue weighted by atomic mass is 10.0. The van der Waals surface area contributed by atoms with Crippen molar-refractivity contribution in [3.63, 3.8) is 0 Å². The number of nitrogens with zero attached hydrogens (tertiary/aromatic N) is 4. The number of amides is 2. The van der Waals surface area contributed by atoms with Gasteiger partial charge in [-0.25, -0.2) is 15.2 Å². The van der Waals surface area contributed by atoms with Gasteiger partial charge in [0.25, 0.3) is 0 Å². The molecule has 5 rings (SSSR count). The Labute approximate surface area is 251 Å². The highest BCUT2D eigenvalue weighted by Gasteiger charge is 2.29. The van der Waals surface area contributed by atoms with Gasteiger partial charge in [-0.1, -0.05) is 48.9 Å². The van der Waals surface area contributed by atoms with Crippen molar-refractivity contribution in [2.24, 2.45) is 11.6 Å². The molecular weight excluding hydrogens is 545 g/mol. The van der Waals surface area contributed by atoms with Crippen LogP contribution in [0.3, 0.4) is 0 Å². The highest BCUT2D eigenvalue weighted by atomic mass is 19.1. The lowest BCUT2D eigenvalue weighted by Gasteiger charge is -2.30. The van der Waals surface area contributed by atoms with Crippen LogP contribution in [0.2, 0.25) is 0 Å². The molecule has 0 fully saturated rings. The maximum absolute atomic E-state index is 13.7. The van der Waals surface area contributed by atoms with Crippen molar-refractivity contribution in [2.75, 3.05) is 11.9 Å². The number of hydrazine groups is 1. The van der Waals surface area contributed by atoms with Gasteiger partial charge in [-0.2, -0.15) is 0 Å². The summed E-state index contributed by atoms with van der Waals surface area (Å²) in [6.07, 6.45) is 1.55. The number of nitrogens with two attached hydrogens (primary N) is 2. The molecule has 2 heterocycles. The first-order valence-electron chi connectivity index (χ1n) is 14.6. The smallest absolute Gasteiger partial charge is 0.240 e. The van der Waals surface area contributed by atoms with Gasteiger partial charge in [0.05, 0.1) is 19.1 Å². The number of rotatable bonds is 10. The van der Waals surface area contributed by atoms with Gasteiger partial charge in [-0.15, -0.1) is 0 Å². The van der Waals surface area contributed by atoms with Gasteiger partial charge in [-0.3, -0.25) is 14.6 Å². The van der Waals surface area contributed by atoms with Gasteiger partial charge in [0, 0.05) is 30.8 Å². The van der Waals surface area contributed by atoms with Crippen molar-refractivity contribution in [3.05, 3.63) is 101 Å². The number of halogens is 1. The second-order valence-electron chi connectivity index (χ2n) is 11.0. The van der Waals surface area contributed by atoms with Crippen LogP contribution >= 0.6 is 0 Å². The van der Waals surface area contributed by atoms with Crippen LogP contribution in [0.1, 0.15) is 42.3 Å². The molecule has 0 bridgehead atoms. The zero-order valence-corrected chi connectivity index (χ0v) is 24.6. The molecule has 224 valence electrons. The normalized spacial score (nSPS) is 13.4. The molecule has 0 unspecified atom stereocenters. The molecule has 10 heteroatoms. The number of anilines is 2. The first kappa shape index (κ1) is 29.9. The summed E-state index contributed by atoms with van der Waals surface area (Å²) in [7, 11) is 0. The highest BCUT2D eigenvalue weighted by molar-refractivity contribution is 5.82. The van der Waals surface area contributed by atoms with Gasteiger partial charge in [0.1, 0.15) is 23.2 Å². The fourth-order valence-corrected chi connectivity index (χ4v) is 5.23. The standard InChI is InChI=1S/C33H38FN7O2/c1-3-4-30(42)41(36)20-24-9-7-23(8-10-24)19-28(35)33(43)39-17-18-40-29(21-39)38-31(25-11-13-26(34)14-12-25)32(40)37-27-15-5-22(2)6-16-27/h5-16,28,37H,3-4,17-21,35-36H2,1-2H3/t28-/m0/s1. The zero-order chi connectivity index (χ0) is 30.5. The Bertz CT molecular complexity index is 1570. The summed E-state index contributed by atoms with van der Waals surface area (Å²) < 4.78 is 15.8. The van der Waals surface area contributed by atoms with E-state index in [1.54, 1.807) is 17.0 Å². The van der Waals surface area contributed by atoms with Crippen molar-refractivity contribution in [3.8, 4) is 11.3 Å². The summed E-state index contributed by atoms with van der Waals surface area (Å²) in [5, 5.41) is 4.73. The summed E-state index contributed by atoms with van der Waals surface area (Å²) in [4.78, 5) is 32.1. The number of benzene rings is 3. The van der Waals surface area contributed by atoms with Gasteiger partial charge in [0.15, 0.2) is 0 Å².